The molecule has 0 aliphatic carbocycles. The Morgan fingerprint density at radius 2 is 1.85 bits per heavy atom. The van der Waals surface area contributed by atoms with E-state index in [-0.39, 0.29) is 23.3 Å². The summed E-state index contributed by atoms with van der Waals surface area (Å²) in [4.78, 5) is 18.9. The van der Waals surface area contributed by atoms with E-state index >= 15 is 0 Å². The molecule has 0 radical (unpaired) electrons. The van der Waals surface area contributed by atoms with Crippen molar-refractivity contribution >= 4 is 38.7 Å². The van der Waals surface area contributed by atoms with Gasteiger partial charge in [0.1, 0.15) is 12.4 Å². The fraction of sp³-hybridized carbons (Fsp3) is 0.118. The van der Waals surface area contributed by atoms with Gasteiger partial charge in [0.2, 0.25) is 5.82 Å². The van der Waals surface area contributed by atoms with Gasteiger partial charge in [-0.1, -0.05) is 46.3 Å². The molecule has 0 atom stereocenters. The number of carbonyl (C=O) groups is 1. The molecule has 1 N–H and O–H groups in total. The van der Waals surface area contributed by atoms with Crippen LogP contribution >= 0.6 is 15.9 Å². The molecular formula is C17H11BrF3N3O2. The number of hydrogen-bond acceptors (Lipinski definition) is 4. The average Bonchev–Trinajstić information content (AvgIpc) is 2.59. The molecule has 1 heterocycles. The fourth-order valence-electron chi connectivity index (χ4n) is 2.18. The standard InChI is InChI=1S/C17H11BrF3N3O2/c18-11-6-7-12-13(8-11)22-15(17(19,20)21)23-14(12)24-16(25)26-9-10-4-2-1-3-5-10/h1-8H,9H2,(H,22,23,24,25). The Balaban J connectivity index is 1.87. The van der Waals surface area contributed by atoms with E-state index in [9.17, 15) is 18.0 Å². The molecule has 1 amide bonds. The third kappa shape index (κ3) is 4.29. The molecule has 0 spiro atoms. The number of anilines is 1. The van der Waals surface area contributed by atoms with Crippen LogP contribution in [0, 0.1) is 0 Å². The van der Waals surface area contributed by atoms with Gasteiger partial charge in [0.05, 0.1) is 5.52 Å². The number of hydrogen-bond donors (Lipinski definition) is 1. The summed E-state index contributed by atoms with van der Waals surface area (Å²) in [6.45, 7) is -0.0205. The molecule has 134 valence electrons. The van der Waals surface area contributed by atoms with Gasteiger partial charge in [0, 0.05) is 9.86 Å². The largest absolute Gasteiger partial charge is 0.451 e. The SMILES string of the molecule is O=C(Nc1nc(C(F)(F)F)nc2cc(Br)ccc12)OCc1ccccc1. The lowest BCUT2D eigenvalue weighted by molar-refractivity contribution is -0.144. The lowest BCUT2D eigenvalue weighted by Gasteiger charge is -2.12. The van der Waals surface area contributed by atoms with E-state index in [0.29, 0.717) is 4.47 Å². The number of nitrogens with one attached hydrogen (secondary N) is 1. The van der Waals surface area contributed by atoms with Crippen molar-refractivity contribution in [3.8, 4) is 0 Å². The topological polar surface area (TPSA) is 64.1 Å². The Bertz CT molecular complexity index is 949. The van der Waals surface area contributed by atoms with Crippen molar-refractivity contribution < 1.29 is 22.7 Å². The van der Waals surface area contributed by atoms with E-state index in [2.05, 4.69) is 31.2 Å². The van der Waals surface area contributed by atoms with E-state index < -0.39 is 18.1 Å². The molecule has 0 saturated heterocycles. The van der Waals surface area contributed by atoms with Crippen LogP contribution < -0.4 is 5.32 Å². The highest BCUT2D eigenvalue weighted by molar-refractivity contribution is 9.10. The van der Waals surface area contributed by atoms with Crippen LogP contribution in [0.4, 0.5) is 23.8 Å². The zero-order valence-electron chi connectivity index (χ0n) is 13.0. The first-order valence-electron chi connectivity index (χ1n) is 7.35. The smallest absolute Gasteiger partial charge is 0.444 e. The number of carbonyl (C=O) groups excluding carboxylic acids is 1. The highest BCUT2D eigenvalue weighted by Gasteiger charge is 2.35. The lowest BCUT2D eigenvalue weighted by Crippen LogP contribution is -2.18. The summed E-state index contributed by atoms with van der Waals surface area (Å²) in [7, 11) is 0. The van der Waals surface area contributed by atoms with Crippen molar-refractivity contribution in [3.63, 3.8) is 0 Å². The van der Waals surface area contributed by atoms with Gasteiger partial charge in [0.15, 0.2) is 0 Å². The number of fused-ring (bicyclic) bond motifs is 1. The maximum absolute atomic E-state index is 13.0. The van der Waals surface area contributed by atoms with Gasteiger partial charge >= 0.3 is 12.3 Å². The van der Waals surface area contributed by atoms with E-state index in [1.807, 2.05) is 6.07 Å². The Morgan fingerprint density at radius 1 is 1.12 bits per heavy atom. The molecule has 0 aliphatic rings. The third-order valence-corrected chi connectivity index (χ3v) is 3.84. The number of nitrogens with zero attached hydrogens (tertiary/aromatic N) is 2. The molecule has 26 heavy (non-hydrogen) atoms. The minimum Gasteiger partial charge on any atom is -0.444 e. The maximum atomic E-state index is 13.0. The number of ether oxygens (including phenoxy) is 1. The Morgan fingerprint density at radius 3 is 2.54 bits per heavy atom. The van der Waals surface area contributed by atoms with Crippen LogP contribution in [0.5, 0.6) is 0 Å². The van der Waals surface area contributed by atoms with Crippen LogP contribution in [0.2, 0.25) is 0 Å². The van der Waals surface area contributed by atoms with E-state index in [1.54, 1.807) is 30.3 Å². The van der Waals surface area contributed by atoms with Crippen molar-refractivity contribution in [1.82, 2.24) is 9.97 Å². The van der Waals surface area contributed by atoms with Gasteiger partial charge in [-0.2, -0.15) is 13.2 Å². The van der Waals surface area contributed by atoms with Crippen molar-refractivity contribution in [1.29, 1.82) is 0 Å². The zero-order chi connectivity index (χ0) is 18.7. The predicted octanol–water partition coefficient (Wildman–Crippen LogP) is 5.16. The molecule has 1 aromatic heterocycles. The van der Waals surface area contributed by atoms with Crippen molar-refractivity contribution in [2.75, 3.05) is 5.32 Å². The zero-order valence-corrected chi connectivity index (χ0v) is 14.6. The van der Waals surface area contributed by atoms with Gasteiger partial charge in [-0.05, 0) is 23.8 Å². The molecule has 3 aromatic rings. The summed E-state index contributed by atoms with van der Waals surface area (Å²) < 4.78 is 44.6. The highest BCUT2D eigenvalue weighted by atomic mass is 79.9. The second-order valence-electron chi connectivity index (χ2n) is 5.24. The van der Waals surface area contributed by atoms with Crippen molar-refractivity contribution in [2.24, 2.45) is 0 Å². The summed E-state index contributed by atoms with van der Waals surface area (Å²) in [5.41, 5.74) is 0.787. The van der Waals surface area contributed by atoms with Crippen molar-refractivity contribution in [3.05, 3.63) is 64.4 Å². The average molecular weight is 426 g/mol. The summed E-state index contributed by atoms with van der Waals surface area (Å²) in [6.07, 6.45) is -5.66. The van der Waals surface area contributed by atoms with Gasteiger partial charge in [-0.25, -0.2) is 14.8 Å². The molecule has 0 unspecified atom stereocenters. The van der Waals surface area contributed by atoms with E-state index in [1.165, 1.54) is 12.1 Å². The lowest BCUT2D eigenvalue weighted by atomic mass is 10.2. The molecule has 0 aliphatic heterocycles. The van der Waals surface area contributed by atoms with E-state index in [0.717, 1.165) is 5.56 Å². The second-order valence-corrected chi connectivity index (χ2v) is 6.16. The number of alkyl halides is 3. The van der Waals surface area contributed by atoms with Crippen LogP contribution in [0.3, 0.4) is 0 Å². The quantitative estimate of drug-likeness (QED) is 0.629. The molecular weight excluding hydrogens is 415 g/mol. The number of benzene rings is 2. The minimum absolute atomic E-state index is 0.0205. The summed E-state index contributed by atoms with van der Waals surface area (Å²) in [5.74, 6) is -1.62. The Kier molecular flexibility index (Phi) is 5.08. The van der Waals surface area contributed by atoms with Gasteiger partial charge < -0.3 is 4.74 Å². The van der Waals surface area contributed by atoms with E-state index in [4.69, 9.17) is 4.74 Å². The van der Waals surface area contributed by atoms with Gasteiger partial charge in [0.25, 0.3) is 0 Å². The van der Waals surface area contributed by atoms with Crippen molar-refractivity contribution in [2.45, 2.75) is 12.8 Å². The number of aromatic nitrogens is 2. The van der Waals surface area contributed by atoms with Crippen LogP contribution in [-0.4, -0.2) is 16.1 Å². The summed E-state index contributed by atoms with van der Waals surface area (Å²) in [6, 6.07) is 13.4. The number of halogens is 4. The maximum Gasteiger partial charge on any atom is 0.451 e. The van der Waals surface area contributed by atoms with Crippen LogP contribution in [-0.2, 0) is 17.5 Å². The normalized spacial score (nSPS) is 11.4. The monoisotopic (exact) mass is 425 g/mol. The summed E-state index contributed by atoms with van der Waals surface area (Å²) >= 11 is 3.18. The Hall–Kier alpha value is -2.68. The van der Waals surface area contributed by atoms with Crippen LogP contribution in [0.15, 0.2) is 53.0 Å². The Labute approximate surface area is 154 Å². The molecule has 0 saturated carbocycles. The van der Waals surface area contributed by atoms with Gasteiger partial charge in [-0.3, -0.25) is 5.32 Å². The van der Waals surface area contributed by atoms with Crippen LogP contribution in [0.25, 0.3) is 10.9 Å². The number of amides is 1. The minimum atomic E-state index is -4.75. The first kappa shape index (κ1) is 18.1. The first-order valence-corrected chi connectivity index (χ1v) is 8.14. The highest BCUT2D eigenvalue weighted by Crippen LogP contribution is 2.31. The molecule has 2 aromatic carbocycles. The number of rotatable bonds is 3. The van der Waals surface area contributed by atoms with Crippen LogP contribution in [0.1, 0.15) is 11.4 Å². The predicted molar refractivity (Wildman–Crippen MR) is 92.5 cm³/mol. The molecule has 3 rings (SSSR count). The molecule has 5 nitrogen and oxygen atoms in total. The fourth-order valence-corrected chi connectivity index (χ4v) is 2.53. The first-order chi connectivity index (χ1) is 12.3. The molecule has 9 heteroatoms. The molecule has 0 bridgehead atoms. The second kappa shape index (κ2) is 7.28. The summed E-state index contributed by atoms with van der Waals surface area (Å²) in [5, 5.41) is 2.52. The molecule has 0 fully saturated rings. The van der Waals surface area contributed by atoms with Gasteiger partial charge in [-0.15, -0.1) is 0 Å². The third-order valence-electron chi connectivity index (χ3n) is 3.35.